The van der Waals surface area contributed by atoms with Crippen molar-refractivity contribution in [3.05, 3.63) is 10.0 Å². The van der Waals surface area contributed by atoms with Gasteiger partial charge in [0.2, 0.25) is 0 Å². The third-order valence-corrected chi connectivity index (χ3v) is 3.00. The molecule has 0 aliphatic carbocycles. The molecule has 0 aliphatic rings. The molecule has 0 saturated heterocycles. The lowest BCUT2D eigenvalue weighted by atomic mass is 10.1. The standard InChI is InChI=1S/C9H17N3S/c1-4-7(2)5-8-11-12-9(13-8)6-10-3/h7,10H,4-6H2,1-3H3. The van der Waals surface area contributed by atoms with Crippen molar-refractivity contribution >= 4 is 11.3 Å². The Labute approximate surface area is 83.6 Å². The molecule has 0 bridgehead atoms. The van der Waals surface area contributed by atoms with Crippen LogP contribution in [0.1, 0.15) is 30.3 Å². The second kappa shape index (κ2) is 5.29. The molecule has 1 aromatic rings. The molecule has 0 amide bonds. The Morgan fingerprint density at radius 3 is 2.69 bits per heavy atom. The van der Waals surface area contributed by atoms with Crippen molar-refractivity contribution in [2.24, 2.45) is 5.92 Å². The smallest absolute Gasteiger partial charge is 0.131 e. The van der Waals surface area contributed by atoms with E-state index in [4.69, 9.17) is 0 Å². The fraction of sp³-hybridized carbons (Fsp3) is 0.778. The number of aromatic nitrogens is 2. The number of nitrogens with one attached hydrogen (secondary N) is 1. The maximum absolute atomic E-state index is 4.15. The average molecular weight is 199 g/mol. The van der Waals surface area contributed by atoms with Crippen LogP contribution in [-0.4, -0.2) is 17.2 Å². The first kappa shape index (κ1) is 10.6. The van der Waals surface area contributed by atoms with Crippen LogP contribution < -0.4 is 5.32 Å². The Hall–Kier alpha value is -0.480. The zero-order chi connectivity index (χ0) is 9.68. The molecule has 74 valence electrons. The molecule has 1 heterocycles. The molecule has 13 heavy (non-hydrogen) atoms. The Morgan fingerprint density at radius 1 is 1.38 bits per heavy atom. The van der Waals surface area contributed by atoms with Gasteiger partial charge in [0.15, 0.2) is 0 Å². The summed E-state index contributed by atoms with van der Waals surface area (Å²) in [7, 11) is 1.93. The molecule has 0 saturated carbocycles. The highest BCUT2D eigenvalue weighted by Crippen LogP contribution is 2.15. The summed E-state index contributed by atoms with van der Waals surface area (Å²) < 4.78 is 0. The second-order valence-electron chi connectivity index (χ2n) is 3.34. The predicted octanol–water partition coefficient (Wildman–Crippen LogP) is 1.85. The number of rotatable bonds is 5. The van der Waals surface area contributed by atoms with Gasteiger partial charge in [-0.1, -0.05) is 20.3 Å². The van der Waals surface area contributed by atoms with Crippen molar-refractivity contribution in [3.63, 3.8) is 0 Å². The van der Waals surface area contributed by atoms with E-state index >= 15 is 0 Å². The van der Waals surface area contributed by atoms with Gasteiger partial charge in [-0.05, 0) is 13.0 Å². The molecule has 0 radical (unpaired) electrons. The SMILES string of the molecule is CCC(C)Cc1nnc(CNC)s1. The van der Waals surface area contributed by atoms with E-state index in [1.165, 1.54) is 11.4 Å². The van der Waals surface area contributed by atoms with E-state index in [-0.39, 0.29) is 0 Å². The zero-order valence-electron chi connectivity index (χ0n) is 8.50. The van der Waals surface area contributed by atoms with Crippen LogP contribution in [0.3, 0.4) is 0 Å². The van der Waals surface area contributed by atoms with Gasteiger partial charge in [0, 0.05) is 13.0 Å². The maximum Gasteiger partial charge on any atom is 0.131 e. The molecule has 3 nitrogen and oxygen atoms in total. The second-order valence-corrected chi connectivity index (χ2v) is 4.48. The molecular weight excluding hydrogens is 182 g/mol. The van der Waals surface area contributed by atoms with Crippen LogP contribution in [0.5, 0.6) is 0 Å². The first-order valence-electron chi connectivity index (χ1n) is 4.72. The van der Waals surface area contributed by atoms with Crippen molar-refractivity contribution in [2.45, 2.75) is 33.2 Å². The van der Waals surface area contributed by atoms with E-state index in [2.05, 4.69) is 29.4 Å². The molecule has 1 rings (SSSR count). The summed E-state index contributed by atoms with van der Waals surface area (Å²) in [6, 6.07) is 0. The molecule has 1 unspecified atom stereocenters. The Kier molecular flexibility index (Phi) is 4.32. The molecule has 0 aromatic carbocycles. The lowest BCUT2D eigenvalue weighted by molar-refractivity contribution is 0.556. The third-order valence-electron chi connectivity index (χ3n) is 2.06. The topological polar surface area (TPSA) is 37.8 Å². The quantitative estimate of drug-likeness (QED) is 0.786. The lowest BCUT2D eigenvalue weighted by Gasteiger charge is -2.02. The molecule has 0 fully saturated rings. The van der Waals surface area contributed by atoms with Gasteiger partial charge in [-0.3, -0.25) is 0 Å². The Morgan fingerprint density at radius 2 is 2.08 bits per heavy atom. The number of hydrogen-bond acceptors (Lipinski definition) is 4. The van der Waals surface area contributed by atoms with Crippen molar-refractivity contribution in [3.8, 4) is 0 Å². The van der Waals surface area contributed by atoms with Crippen LogP contribution in [0.2, 0.25) is 0 Å². The van der Waals surface area contributed by atoms with Crippen molar-refractivity contribution in [1.29, 1.82) is 0 Å². The van der Waals surface area contributed by atoms with E-state index in [9.17, 15) is 0 Å². The first-order chi connectivity index (χ1) is 6.26. The summed E-state index contributed by atoms with van der Waals surface area (Å²) in [5, 5.41) is 13.6. The predicted molar refractivity (Wildman–Crippen MR) is 55.8 cm³/mol. The Balaban J connectivity index is 2.48. The number of nitrogens with zero attached hydrogens (tertiary/aromatic N) is 2. The minimum absolute atomic E-state index is 0.718. The summed E-state index contributed by atoms with van der Waals surface area (Å²) in [5.74, 6) is 0.718. The largest absolute Gasteiger partial charge is 0.313 e. The van der Waals surface area contributed by atoms with Crippen LogP contribution in [0.4, 0.5) is 0 Å². The van der Waals surface area contributed by atoms with Crippen LogP contribution in [-0.2, 0) is 13.0 Å². The molecule has 1 N–H and O–H groups in total. The Bertz CT molecular complexity index is 247. The first-order valence-corrected chi connectivity index (χ1v) is 5.53. The fourth-order valence-electron chi connectivity index (χ4n) is 1.04. The van der Waals surface area contributed by atoms with Gasteiger partial charge in [0.1, 0.15) is 10.0 Å². The minimum Gasteiger partial charge on any atom is -0.313 e. The zero-order valence-corrected chi connectivity index (χ0v) is 9.32. The van der Waals surface area contributed by atoms with E-state index in [1.807, 2.05) is 7.05 Å². The summed E-state index contributed by atoms with van der Waals surface area (Å²) in [6.07, 6.45) is 2.28. The summed E-state index contributed by atoms with van der Waals surface area (Å²) in [5.41, 5.74) is 0. The highest BCUT2D eigenvalue weighted by molar-refractivity contribution is 7.11. The summed E-state index contributed by atoms with van der Waals surface area (Å²) in [6.45, 7) is 5.29. The maximum atomic E-state index is 4.15. The van der Waals surface area contributed by atoms with E-state index in [1.54, 1.807) is 11.3 Å². The van der Waals surface area contributed by atoms with Gasteiger partial charge in [-0.25, -0.2) is 0 Å². The van der Waals surface area contributed by atoms with Crippen LogP contribution in [0, 0.1) is 5.92 Å². The van der Waals surface area contributed by atoms with Gasteiger partial charge in [0.25, 0.3) is 0 Å². The molecule has 1 aromatic heterocycles. The molecule has 1 atom stereocenters. The summed E-state index contributed by atoms with van der Waals surface area (Å²) >= 11 is 1.72. The highest BCUT2D eigenvalue weighted by Gasteiger charge is 2.06. The third kappa shape index (κ3) is 3.40. The number of hydrogen-bond donors (Lipinski definition) is 1. The highest BCUT2D eigenvalue weighted by atomic mass is 32.1. The average Bonchev–Trinajstić information content (AvgIpc) is 2.53. The van der Waals surface area contributed by atoms with Crippen LogP contribution >= 0.6 is 11.3 Å². The van der Waals surface area contributed by atoms with Crippen LogP contribution in [0.15, 0.2) is 0 Å². The lowest BCUT2D eigenvalue weighted by Crippen LogP contribution is -2.04. The van der Waals surface area contributed by atoms with E-state index in [0.717, 1.165) is 23.9 Å². The van der Waals surface area contributed by atoms with E-state index < -0.39 is 0 Å². The van der Waals surface area contributed by atoms with E-state index in [0.29, 0.717) is 0 Å². The van der Waals surface area contributed by atoms with Crippen molar-refractivity contribution < 1.29 is 0 Å². The van der Waals surface area contributed by atoms with Crippen LogP contribution in [0.25, 0.3) is 0 Å². The van der Waals surface area contributed by atoms with Gasteiger partial charge < -0.3 is 5.32 Å². The van der Waals surface area contributed by atoms with Crippen molar-refractivity contribution in [2.75, 3.05) is 7.05 Å². The monoisotopic (exact) mass is 199 g/mol. The van der Waals surface area contributed by atoms with Gasteiger partial charge in [-0.15, -0.1) is 21.5 Å². The molecule has 0 aliphatic heterocycles. The molecule has 0 spiro atoms. The normalized spacial score (nSPS) is 13.2. The van der Waals surface area contributed by atoms with Gasteiger partial charge in [-0.2, -0.15) is 0 Å². The summed E-state index contributed by atoms with van der Waals surface area (Å²) in [4.78, 5) is 0. The van der Waals surface area contributed by atoms with Gasteiger partial charge in [0.05, 0.1) is 0 Å². The van der Waals surface area contributed by atoms with Gasteiger partial charge >= 0.3 is 0 Å². The molecular formula is C9H17N3S. The minimum atomic E-state index is 0.718. The fourth-order valence-corrected chi connectivity index (χ4v) is 2.06. The molecule has 4 heteroatoms. The van der Waals surface area contributed by atoms with Crippen molar-refractivity contribution in [1.82, 2.24) is 15.5 Å².